The lowest BCUT2D eigenvalue weighted by Gasteiger charge is -2.32. The summed E-state index contributed by atoms with van der Waals surface area (Å²) in [6, 6.07) is 19.4. The Morgan fingerprint density at radius 1 is 1.03 bits per heavy atom. The number of carbonyl (C=O) groups is 2. The second-order valence-electron chi connectivity index (χ2n) is 9.28. The van der Waals surface area contributed by atoms with Gasteiger partial charge in [0.25, 0.3) is 10.0 Å². The van der Waals surface area contributed by atoms with Gasteiger partial charge >= 0.3 is 0 Å². The molecule has 3 aromatic rings. The lowest BCUT2D eigenvalue weighted by molar-refractivity contribution is -0.139. The summed E-state index contributed by atoms with van der Waals surface area (Å²) in [6.07, 6.45) is 1.74. The first-order chi connectivity index (χ1) is 18.5. The highest BCUT2D eigenvalue weighted by Crippen LogP contribution is 2.26. The summed E-state index contributed by atoms with van der Waals surface area (Å²) in [7, 11) is -4.14. The fourth-order valence-electron chi connectivity index (χ4n) is 4.00. The molecule has 1 N–H and O–H groups in total. The van der Waals surface area contributed by atoms with E-state index in [4.69, 9.17) is 11.6 Å². The largest absolute Gasteiger partial charge is 0.354 e. The number of aryl methyl sites for hydroxylation is 1. The van der Waals surface area contributed by atoms with Gasteiger partial charge < -0.3 is 10.2 Å². The van der Waals surface area contributed by atoms with Crippen LogP contribution < -0.4 is 9.62 Å². The molecule has 3 aromatic carbocycles. The maximum Gasteiger partial charge on any atom is 0.264 e. The van der Waals surface area contributed by atoms with Crippen LogP contribution in [0.1, 0.15) is 37.8 Å². The Bertz CT molecular complexity index is 1400. The number of anilines is 1. The van der Waals surface area contributed by atoms with E-state index in [1.165, 1.54) is 29.2 Å². The molecule has 39 heavy (non-hydrogen) atoms. The van der Waals surface area contributed by atoms with Gasteiger partial charge in [0.05, 0.1) is 10.6 Å². The molecule has 0 aliphatic carbocycles. The van der Waals surface area contributed by atoms with Crippen LogP contribution in [0, 0.1) is 6.92 Å². The van der Waals surface area contributed by atoms with Crippen molar-refractivity contribution in [3.63, 3.8) is 0 Å². The number of sulfonamides is 1. The highest BCUT2D eigenvalue weighted by molar-refractivity contribution is 9.10. The number of amides is 2. The number of hydrogen-bond acceptors (Lipinski definition) is 4. The topological polar surface area (TPSA) is 86.8 Å². The zero-order chi connectivity index (χ0) is 28.6. The van der Waals surface area contributed by atoms with Gasteiger partial charge in [-0.3, -0.25) is 13.9 Å². The Hall–Kier alpha value is -2.88. The molecule has 0 bridgehead atoms. The summed E-state index contributed by atoms with van der Waals surface area (Å²) in [5.74, 6) is -0.804. The Morgan fingerprint density at radius 3 is 2.36 bits per heavy atom. The molecule has 7 nitrogen and oxygen atoms in total. The maximum atomic E-state index is 13.9. The number of nitrogens with zero attached hydrogens (tertiary/aromatic N) is 2. The summed E-state index contributed by atoms with van der Waals surface area (Å²) < 4.78 is 29.6. The van der Waals surface area contributed by atoms with Crippen LogP contribution in [0.4, 0.5) is 5.69 Å². The van der Waals surface area contributed by atoms with Gasteiger partial charge in [-0.2, -0.15) is 0 Å². The van der Waals surface area contributed by atoms with Crippen molar-refractivity contribution < 1.29 is 18.0 Å². The first kappa shape index (κ1) is 30.7. The normalized spacial score (nSPS) is 12.0. The third-order valence-electron chi connectivity index (χ3n) is 6.21. The van der Waals surface area contributed by atoms with E-state index in [9.17, 15) is 18.0 Å². The van der Waals surface area contributed by atoms with E-state index in [0.717, 1.165) is 32.7 Å². The Kier molecular flexibility index (Phi) is 11.0. The first-order valence-electron chi connectivity index (χ1n) is 12.7. The molecule has 0 aromatic heterocycles. The minimum atomic E-state index is -4.14. The summed E-state index contributed by atoms with van der Waals surface area (Å²) in [5, 5.41) is 3.28. The highest BCUT2D eigenvalue weighted by Gasteiger charge is 2.32. The van der Waals surface area contributed by atoms with E-state index in [1.54, 1.807) is 25.1 Å². The fourth-order valence-corrected chi connectivity index (χ4v) is 5.97. The summed E-state index contributed by atoms with van der Waals surface area (Å²) in [6.45, 7) is 5.67. The molecule has 0 spiro atoms. The van der Waals surface area contributed by atoms with Crippen LogP contribution in [0.3, 0.4) is 0 Å². The second-order valence-corrected chi connectivity index (χ2v) is 12.5. The summed E-state index contributed by atoms with van der Waals surface area (Å²) >= 11 is 9.44. The molecule has 2 amide bonds. The van der Waals surface area contributed by atoms with Crippen molar-refractivity contribution in [2.24, 2.45) is 0 Å². The van der Waals surface area contributed by atoms with E-state index in [2.05, 4.69) is 21.2 Å². The van der Waals surface area contributed by atoms with Gasteiger partial charge in [-0.05, 0) is 79.9 Å². The van der Waals surface area contributed by atoms with Crippen molar-refractivity contribution in [1.82, 2.24) is 10.2 Å². The van der Waals surface area contributed by atoms with Crippen LogP contribution >= 0.6 is 27.5 Å². The molecule has 0 heterocycles. The third kappa shape index (κ3) is 8.30. The van der Waals surface area contributed by atoms with Gasteiger partial charge in [0, 0.05) is 22.6 Å². The van der Waals surface area contributed by atoms with Gasteiger partial charge in [0.2, 0.25) is 11.8 Å². The number of hydrogen-bond donors (Lipinski definition) is 1. The van der Waals surface area contributed by atoms with Gasteiger partial charge in [-0.1, -0.05) is 65.1 Å². The molecule has 3 rings (SSSR count). The molecule has 1 atom stereocenters. The minimum absolute atomic E-state index is 0.00473. The molecule has 0 aliphatic rings. The quantitative estimate of drug-likeness (QED) is 0.250. The van der Waals surface area contributed by atoms with Gasteiger partial charge in [0.15, 0.2) is 0 Å². The predicted octanol–water partition coefficient (Wildman–Crippen LogP) is 5.94. The van der Waals surface area contributed by atoms with E-state index in [1.807, 2.05) is 44.2 Å². The van der Waals surface area contributed by atoms with Crippen LogP contribution in [0.15, 0.2) is 82.2 Å². The molecule has 0 aliphatic heterocycles. The maximum absolute atomic E-state index is 13.9. The SMILES string of the molecule is CCCCNC(=O)[C@H](C)N(Cc1cccc(Br)c1)C(=O)CN(c1cccc(C)c1)S(=O)(=O)c1ccc(Cl)cc1. The number of rotatable bonds is 12. The standard InChI is InChI=1S/C29H33BrClN3O4S/c1-4-5-16-32-29(36)22(3)33(19-23-9-7-10-24(30)18-23)28(35)20-34(26-11-6-8-21(2)17-26)39(37,38)27-14-12-25(31)13-15-27/h6-15,17-18,22H,4-5,16,19-20H2,1-3H3,(H,32,36)/t22-/m0/s1. The average molecular weight is 635 g/mol. The van der Waals surface area contributed by atoms with E-state index in [0.29, 0.717) is 17.3 Å². The zero-order valence-corrected chi connectivity index (χ0v) is 25.4. The monoisotopic (exact) mass is 633 g/mol. The smallest absolute Gasteiger partial charge is 0.264 e. The second kappa shape index (κ2) is 14.0. The predicted molar refractivity (Wildman–Crippen MR) is 159 cm³/mol. The van der Waals surface area contributed by atoms with Crippen molar-refractivity contribution in [2.45, 2.75) is 51.1 Å². The van der Waals surface area contributed by atoms with Crippen molar-refractivity contribution in [2.75, 3.05) is 17.4 Å². The van der Waals surface area contributed by atoms with Crippen LogP contribution in [0.25, 0.3) is 0 Å². The number of unbranched alkanes of at least 4 members (excludes halogenated alkanes) is 1. The first-order valence-corrected chi connectivity index (χ1v) is 15.3. The minimum Gasteiger partial charge on any atom is -0.354 e. The molecule has 0 fully saturated rings. The Morgan fingerprint density at radius 2 is 1.72 bits per heavy atom. The van der Waals surface area contributed by atoms with Crippen LogP contribution in [-0.4, -0.2) is 44.3 Å². The Balaban J connectivity index is 2.00. The van der Waals surface area contributed by atoms with Crippen molar-refractivity contribution in [1.29, 1.82) is 0 Å². The van der Waals surface area contributed by atoms with Crippen molar-refractivity contribution >= 4 is 55.1 Å². The molecule has 0 saturated carbocycles. The molecule has 10 heteroatoms. The molecule has 0 unspecified atom stereocenters. The molecular formula is C29H33BrClN3O4S. The van der Waals surface area contributed by atoms with Crippen LogP contribution in [0.2, 0.25) is 5.02 Å². The van der Waals surface area contributed by atoms with E-state index in [-0.39, 0.29) is 17.3 Å². The molecule has 208 valence electrons. The van der Waals surface area contributed by atoms with Gasteiger partial charge in [-0.15, -0.1) is 0 Å². The molecule has 0 radical (unpaired) electrons. The van der Waals surface area contributed by atoms with Crippen molar-refractivity contribution in [3.8, 4) is 0 Å². The van der Waals surface area contributed by atoms with E-state index >= 15 is 0 Å². The number of carbonyl (C=O) groups excluding carboxylic acids is 2. The summed E-state index contributed by atoms with van der Waals surface area (Å²) in [4.78, 5) is 28.4. The average Bonchev–Trinajstić information content (AvgIpc) is 2.90. The number of halogens is 2. The third-order valence-corrected chi connectivity index (χ3v) is 8.74. The molecular weight excluding hydrogens is 602 g/mol. The van der Waals surface area contributed by atoms with Crippen molar-refractivity contribution in [3.05, 3.63) is 93.4 Å². The van der Waals surface area contributed by atoms with Gasteiger partial charge in [0.1, 0.15) is 12.6 Å². The number of benzene rings is 3. The molecule has 0 saturated heterocycles. The zero-order valence-electron chi connectivity index (χ0n) is 22.2. The summed E-state index contributed by atoms with van der Waals surface area (Å²) in [5.41, 5.74) is 1.99. The fraction of sp³-hybridized carbons (Fsp3) is 0.310. The number of nitrogens with one attached hydrogen (secondary N) is 1. The van der Waals surface area contributed by atoms with Crippen LogP contribution in [0.5, 0.6) is 0 Å². The highest BCUT2D eigenvalue weighted by atomic mass is 79.9. The van der Waals surface area contributed by atoms with E-state index < -0.39 is 28.5 Å². The van der Waals surface area contributed by atoms with Gasteiger partial charge in [-0.25, -0.2) is 8.42 Å². The lowest BCUT2D eigenvalue weighted by atomic mass is 10.1. The van der Waals surface area contributed by atoms with Crippen LogP contribution in [-0.2, 0) is 26.2 Å². The lowest BCUT2D eigenvalue weighted by Crippen LogP contribution is -2.51. The Labute approximate surface area is 244 Å².